The minimum Gasteiger partial charge on any atom is -0.492 e. The molecule has 38 heavy (non-hydrogen) atoms. The van der Waals surface area contributed by atoms with E-state index in [0.717, 1.165) is 29.2 Å². The summed E-state index contributed by atoms with van der Waals surface area (Å²) >= 11 is 0. The first-order valence-corrected chi connectivity index (χ1v) is 12.4. The minimum absolute atomic E-state index is 0.0142. The Balaban J connectivity index is 1.66. The number of anilines is 1. The van der Waals surface area contributed by atoms with E-state index in [9.17, 15) is 14.8 Å². The maximum absolute atomic E-state index is 15.6. The van der Waals surface area contributed by atoms with E-state index in [1.54, 1.807) is 4.57 Å². The predicted octanol–water partition coefficient (Wildman–Crippen LogP) is 3.77. The van der Waals surface area contributed by atoms with Crippen LogP contribution in [0.4, 0.5) is 10.1 Å². The van der Waals surface area contributed by atoms with Crippen molar-refractivity contribution in [2.75, 3.05) is 31.6 Å². The Morgan fingerprint density at radius 2 is 1.87 bits per heavy atom. The van der Waals surface area contributed by atoms with E-state index in [1.165, 1.54) is 18.8 Å². The van der Waals surface area contributed by atoms with Gasteiger partial charge in [0.15, 0.2) is 11.6 Å². The molecule has 1 aliphatic heterocycles. The average Bonchev–Trinajstić information content (AvgIpc) is 3.43. The fourth-order valence-corrected chi connectivity index (χ4v) is 5.18. The van der Waals surface area contributed by atoms with Gasteiger partial charge in [-0.15, -0.1) is 0 Å². The van der Waals surface area contributed by atoms with Gasteiger partial charge in [-0.25, -0.2) is 9.87 Å². The standard InChI is InChI=1S/C29H29FN4O4/c1-38-28-25-22(13-24(30)26(28)33-12-11-19(14-31)16-33)27(35)23(29(36)32-37)17-34(25)15-18-7-9-21(10-8-18)20-5-3-2-4-6-20/h2-10,13,17,19,37H,11-12,14-16,31H2,1H3,(H,32,36)/t19-/m0/s1. The Morgan fingerprint density at radius 1 is 1.16 bits per heavy atom. The van der Waals surface area contributed by atoms with E-state index in [1.807, 2.05) is 59.5 Å². The van der Waals surface area contributed by atoms with Crippen molar-refractivity contribution in [1.29, 1.82) is 0 Å². The summed E-state index contributed by atoms with van der Waals surface area (Å²) in [7, 11) is 1.44. The van der Waals surface area contributed by atoms with Gasteiger partial charge in [0, 0.05) is 25.8 Å². The Labute approximate surface area is 219 Å². The molecule has 9 heteroatoms. The van der Waals surface area contributed by atoms with Gasteiger partial charge in [-0.2, -0.15) is 0 Å². The van der Waals surface area contributed by atoms with Crippen LogP contribution >= 0.6 is 0 Å². The van der Waals surface area contributed by atoms with Gasteiger partial charge in [-0.1, -0.05) is 54.6 Å². The maximum Gasteiger partial charge on any atom is 0.280 e. The summed E-state index contributed by atoms with van der Waals surface area (Å²) in [6, 6.07) is 19.0. The summed E-state index contributed by atoms with van der Waals surface area (Å²) in [6.45, 7) is 1.95. The molecule has 5 rings (SSSR count). The lowest BCUT2D eigenvalue weighted by Crippen LogP contribution is -2.28. The lowest BCUT2D eigenvalue weighted by molar-refractivity contribution is 0.0704. The Hall–Kier alpha value is -4.21. The normalized spacial score (nSPS) is 15.2. The molecule has 4 aromatic rings. The van der Waals surface area contributed by atoms with Crippen LogP contribution in [0.15, 0.2) is 71.7 Å². The number of nitrogens with two attached hydrogens (primary N) is 1. The number of rotatable bonds is 7. The fourth-order valence-electron chi connectivity index (χ4n) is 5.18. The monoisotopic (exact) mass is 516 g/mol. The number of halogens is 1. The van der Waals surface area contributed by atoms with Gasteiger partial charge in [0.05, 0.1) is 18.0 Å². The predicted molar refractivity (Wildman–Crippen MR) is 144 cm³/mol. The quantitative estimate of drug-likeness (QED) is 0.255. The Morgan fingerprint density at radius 3 is 2.50 bits per heavy atom. The molecule has 1 fully saturated rings. The number of amides is 1. The first-order valence-electron chi connectivity index (χ1n) is 12.4. The number of pyridine rings is 1. The van der Waals surface area contributed by atoms with Crippen LogP contribution in [-0.4, -0.2) is 42.4 Å². The van der Waals surface area contributed by atoms with Gasteiger partial charge < -0.3 is 19.9 Å². The number of nitrogens with zero attached hydrogens (tertiary/aromatic N) is 2. The topological polar surface area (TPSA) is 110 Å². The zero-order valence-electron chi connectivity index (χ0n) is 21.0. The van der Waals surface area contributed by atoms with Crippen molar-refractivity contribution < 1.29 is 19.1 Å². The van der Waals surface area contributed by atoms with Crippen LogP contribution in [-0.2, 0) is 6.54 Å². The number of hydroxylamine groups is 1. The van der Waals surface area contributed by atoms with Crippen LogP contribution in [0.5, 0.6) is 5.75 Å². The van der Waals surface area contributed by atoms with Crippen LogP contribution in [0.1, 0.15) is 22.3 Å². The second-order valence-corrected chi connectivity index (χ2v) is 9.48. The summed E-state index contributed by atoms with van der Waals surface area (Å²) < 4.78 is 23.0. The number of benzene rings is 3. The number of aromatic nitrogens is 1. The lowest BCUT2D eigenvalue weighted by atomic mass is 10.0. The highest BCUT2D eigenvalue weighted by Gasteiger charge is 2.30. The van der Waals surface area contributed by atoms with Crippen LogP contribution in [0.25, 0.3) is 22.0 Å². The highest BCUT2D eigenvalue weighted by Crippen LogP contribution is 2.40. The van der Waals surface area contributed by atoms with Crippen molar-refractivity contribution in [1.82, 2.24) is 10.0 Å². The highest BCUT2D eigenvalue weighted by molar-refractivity contribution is 5.99. The summed E-state index contributed by atoms with van der Waals surface area (Å²) in [5.41, 5.74) is 10.0. The average molecular weight is 517 g/mol. The van der Waals surface area contributed by atoms with Gasteiger partial charge in [-0.3, -0.25) is 14.8 Å². The molecule has 4 N–H and O–H groups in total. The van der Waals surface area contributed by atoms with Crippen molar-refractivity contribution in [2.45, 2.75) is 13.0 Å². The molecule has 1 amide bonds. The SMILES string of the molecule is COc1c(N2CC[C@@H](CN)C2)c(F)cc2c(=O)c(C(=O)NO)cn(Cc3ccc(-c4ccccc4)cc3)c12. The lowest BCUT2D eigenvalue weighted by Gasteiger charge is -2.25. The molecule has 0 bridgehead atoms. The summed E-state index contributed by atoms with van der Waals surface area (Å²) in [5.74, 6) is -1.15. The number of methoxy groups -OCH3 is 1. The second-order valence-electron chi connectivity index (χ2n) is 9.48. The van der Waals surface area contributed by atoms with E-state index >= 15 is 4.39 Å². The number of hydrogen-bond donors (Lipinski definition) is 3. The summed E-state index contributed by atoms with van der Waals surface area (Å²) in [6.07, 6.45) is 2.20. The maximum atomic E-state index is 15.6. The van der Waals surface area contributed by atoms with Gasteiger partial charge >= 0.3 is 0 Å². The largest absolute Gasteiger partial charge is 0.492 e. The number of hydrogen-bond acceptors (Lipinski definition) is 6. The molecule has 1 aromatic heterocycles. The molecule has 1 saturated heterocycles. The van der Waals surface area contributed by atoms with Crippen molar-refractivity contribution in [3.63, 3.8) is 0 Å². The number of carbonyl (C=O) groups is 1. The van der Waals surface area contributed by atoms with Crippen LogP contribution in [0, 0.1) is 11.7 Å². The fraction of sp³-hybridized carbons (Fsp3) is 0.241. The molecule has 1 atom stereocenters. The molecular weight excluding hydrogens is 487 g/mol. The number of ether oxygens (including phenoxy) is 1. The van der Waals surface area contributed by atoms with E-state index in [2.05, 4.69) is 0 Å². The number of carbonyl (C=O) groups excluding carboxylic acids is 1. The van der Waals surface area contributed by atoms with Crippen LogP contribution in [0.3, 0.4) is 0 Å². The molecule has 3 aromatic carbocycles. The van der Waals surface area contributed by atoms with E-state index in [4.69, 9.17) is 10.5 Å². The van der Waals surface area contributed by atoms with E-state index < -0.39 is 17.2 Å². The Bertz CT molecular complexity index is 1540. The highest BCUT2D eigenvalue weighted by atomic mass is 19.1. The molecular formula is C29H29FN4O4. The van der Waals surface area contributed by atoms with E-state index in [-0.39, 0.29) is 34.8 Å². The zero-order valence-corrected chi connectivity index (χ0v) is 21.0. The van der Waals surface area contributed by atoms with Gasteiger partial charge in [-0.05, 0) is 41.6 Å². The molecule has 8 nitrogen and oxygen atoms in total. The summed E-state index contributed by atoms with van der Waals surface area (Å²) in [4.78, 5) is 27.5. The zero-order chi connectivity index (χ0) is 26.8. The molecule has 196 valence electrons. The molecule has 0 spiro atoms. The summed E-state index contributed by atoms with van der Waals surface area (Å²) in [5, 5.41) is 9.22. The number of fused-ring (bicyclic) bond motifs is 1. The van der Waals surface area contributed by atoms with Crippen molar-refractivity contribution in [3.8, 4) is 16.9 Å². The number of nitrogens with one attached hydrogen (secondary N) is 1. The van der Waals surface area contributed by atoms with Crippen LogP contribution < -0.4 is 26.3 Å². The van der Waals surface area contributed by atoms with Crippen molar-refractivity contribution >= 4 is 22.5 Å². The molecule has 0 radical (unpaired) electrons. The van der Waals surface area contributed by atoms with Crippen molar-refractivity contribution in [2.24, 2.45) is 11.7 Å². The van der Waals surface area contributed by atoms with Gasteiger partial charge in [0.1, 0.15) is 11.3 Å². The van der Waals surface area contributed by atoms with Gasteiger partial charge in [0.25, 0.3) is 5.91 Å². The Kier molecular flexibility index (Phi) is 7.13. The molecule has 0 unspecified atom stereocenters. The van der Waals surface area contributed by atoms with Gasteiger partial charge in [0.2, 0.25) is 5.43 Å². The minimum atomic E-state index is -0.973. The third kappa shape index (κ3) is 4.62. The first-order chi connectivity index (χ1) is 18.4. The van der Waals surface area contributed by atoms with Crippen molar-refractivity contribution in [3.05, 3.63) is 94.0 Å². The van der Waals surface area contributed by atoms with E-state index in [0.29, 0.717) is 25.2 Å². The third-order valence-corrected chi connectivity index (χ3v) is 7.14. The van der Waals surface area contributed by atoms with Crippen LogP contribution in [0.2, 0.25) is 0 Å². The third-order valence-electron chi connectivity index (χ3n) is 7.14. The molecule has 2 heterocycles. The molecule has 0 saturated carbocycles. The molecule has 0 aliphatic carbocycles. The molecule has 1 aliphatic rings. The smallest absolute Gasteiger partial charge is 0.280 e. The first kappa shape index (κ1) is 25.4. The second kappa shape index (κ2) is 10.6.